The van der Waals surface area contributed by atoms with Crippen LogP contribution in [0, 0.1) is 10.1 Å². The maximum Gasteiger partial charge on any atom is 0.271 e. The van der Waals surface area contributed by atoms with Crippen LogP contribution in [0.15, 0.2) is 30.5 Å². The molecule has 0 aliphatic heterocycles. The van der Waals surface area contributed by atoms with Gasteiger partial charge in [0.1, 0.15) is 0 Å². The number of hydrogen-bond acceptors (Lipinski definition) is 5. The predicted octanol–water partition coefficient (Wildman–Crippen LogP) is 1.10. The molecule has 0 bridgehead atoms. The predicted molar refractivity (Wildman–Crippen MR) is 63.4 cm³/mol. The molecule has 18 heavy (non-hydrogen) atoms. The summed E-state index contributed by atoms with van der Waals surface area (Å²) in [4.78, 5) is 10.2. The van der Waals surface area contributed by atoms with Crippen molar-refractivity contribution in [2.75, 3.05) is 6.61 Å². The van der Waals surface area contributed by atoms with Crippen molar-refractivity contribution in [2.45, 2.75) is 12.8 Å². The summed E-state index contributed by atoms with van der Waals surface area (Å²) in [5.41, 5.74) is 1.35. The third-order valence-electron chi connectivity index (χ3n) is 2.44. The highest BCUT2D eigenvalue weighted by Crippen LogP contribution is 2.16. The Balaban J connectivity index is 2.23. The van der Waals surface area contributed by atoms with Gasteiger partial charge in [-0.1, -0.05) is 11.3 Å². The molecule has 1 aromatic heterocycles. The summed E-state index contributed by atoms with van der Waals surface area (Å²) in [6.45, 7) is 0.101. The normalized spacial score (nSPS) is 10.5. The van der Waals surface area contributed by atoms with Gasteiger partial charge in [-0.15, -0.1) is 5.10 Å². The van der Waals surface area contributed by atoms with Crippen LogP contribution < -0.4 is 0 Å². The number of hydrogen-bond donors (Lipinski definition) is 1. The molecule has 0 saturated carbocycles. The highest BCUT2D eigenvalue weighted by Gasteiger charge is 2.08. The minimum absolute atomic E-state index is 0.0138. The first-order chi connectivity index (χ1) is 8.70. The van der Waals surface area contributed by atoms with E-state index in [1.54, 1.807) is 18.3 Å². The quantitative estimate of drug-likeness (QED) is 0.631. The van der Waals surface area contributed by atoms with E-state index in [1.165, 1.54) is 16.8 Å². The molecular weight excluding hydrogens is 236 g/mol. The lowest BCUT2D eigenvalue weighted by molar-refractivity contribution is -0.384. The van der Waals surface area contributed by atoms with Gasteiger partial charge in [0.05, 0.1) is 22.5 Å². The molecule has 0 spiro atoms. The van der Waals surface area contributed by atoms with E-state index in [0.29, 0.717) is 18.5 Å². The zero-order chi connectivity index (χ0) is 13.0. The first kappa shape index (κ1) is 12.2. The first-order valence-corrected chi connectivity index (χ1v) is 5.47. The Morgan fingerprint density at radius 3 is 3.00 bits per heavy atom. The minimum Gasteiger partial charge on any atom is -0.396 e. The average Bonchev–Trinajstić information content (AvgIpc) is 2.85. The topological polar surface area (TPSA) is 94.1 Å². The maximum atomic E-state index is 10.7. The zero-order valence-electron chi connectivity index (χ0n) is 9.56. The van der Waals surface area contributed by atoms with E-state index in [-0.39, 0.29) is 12.3 Å². The summed E-state index contributed by atoms with van der Waals surface area (Å²) < 4.78 is 1.49. The van der Waals surface area contributed by atoms with Crippen molar-refractivity contribution in [2.24, 2.45) is 0 Å². The van der Waals surface area contributed by atoms with Crippen molar-refractivity contribution in [3.63, 3.8) is 0 Å². The van der Waals surface area contributed by atoms with Gasteiger partial charge in [0.2, 0.25) is 0 Å². The standard InChI is InChI=1S/C11H12N4O3/c16-6-2-3-9-8-14(13-12-9)10-4-1-5-11(7-10)15(17)18/h1,4-5,7-8,16H,2-3,6H2. The second-order valence-electron chi connectivity index (χ2n) is 3.76. The van der Waals surface area contributed by atoms with Gasteiger partial charge in [-0.05, 0) is 18.9 Å². The summed E-state index contributed by atoms with van der Waals surface area (Å²) >= 11 is 0. The van der Waals surface area contributed by atoms with Crippen LogP contribution in [0.4, 0.5) is 5.69 Å². The Morgan fingerprint density at radius 1 is 1.44 bits per heavy atom. The molecule has 0 aliphatic carbocycles. The lowest BCUT2D eigenvalue weighted by atomic mass is 10.2. The highest BCUT2D eigenvalue weighted by molar-refractivity contribution is 5.42. The van der Waals surface area contributed by atoms with Crippen LogP contribution in [0.25, 0.3) is 5.69 Å². The van der Waals surface area contributed by atoms with E-state index in [4.69, 9.17) is 5.11 Å². The minimum atomic E-state index is -0.451. The molecule has 7 heteroatoms. The Morgan fingerprint density at radius 2 is 2.28 bits per heavy atom. The van der Waals surface area contributed by atoms with E-state index in [2.05, 4.69) is 10.3 Å². The number of rotatable bonds is 5. The van der Waals surface area contributed by atoms with Crippen LogP contribution in [0.2, 0.25) is 0 Å². The van der Waals surface area contributed by atoms with Gasteiger partial charge in [0, 0.05) is 18.7 Å². The molecule has 2 aromatic rings. The smallest absolute Gasteiger partial charge is 0.271 e. The number of aromatic nitrogens is 3. The monoisotopic (exact) mass is 248 g/mol. The van der Waals surface area contributed by atoms with Gasteiger partial charge in [-0.2, -0.15) is 0 Å². The number of aliphatic hydroxyl groups is 1. The Bertz CT molecular complexity index is 553. The number of nitro benzene ring substituents is 1. The summed E-state index contributed by atoms with van der Waals surface area (Å²) in [5.74, 6) is 0. The van der Waals surface area contributed by atoms with Gasteiger partial charge >= 0.3 is 0 Å². The molecule has 0 aliphatic rings. The van der Waals surface area contributed by atoms with Crippen molar-refractivity contribution in [1.82, 2.24) is 15.0 Å². The molecule has 0 amide bonds. The summed E-state index contributed by atoms with van der Waals surface area (Å²) in [7, 11) is 0. The van der Waals surface area contributed by atoms with Crippen LogP contribution in [-0.4, -0.2) is 31.6 Å². The number of benzene rings is 1. The molecule has 94 valence electrons. The molecule has 7 nitrogen and oxygen atoms in total. The van der Waals surface area contributed by atoms with E-state index in [0.717, 1.165) is 5.69 Å². The molecule has 1 N–H and O–H groups in total. The third kappa shape index (κ3) is 2.69. The molecule has 0 radical (unpaired) electrons. The summed E-state index contributed by atoms with van der Waals surface area (Å²) in [6, 6.07) is 6.18. The third-order valence-corrected chi connectivity index (χ3v) is 2.44. The van der Waals surface area contributed by atoms with Gasteiger partial charge in [-0.3, -0.25) is 10.1 Å². The number of aryl methyl sites for hydroxylation is 1. The number of non-ortho nitro benzene ring substituents is 1. The van der Waals surface area contributed by atoms with E-state index < -0.39 is 4.92 Å². The number of aliphatic hydroxyl groups excluding tert-OH is 1. The van der Waals surface area contributed by atoms with Crippen molar-refractivity contribution in [1.29, 1.82) is 0 Å². The van der Waals surface area contributed by atoms with E-state index in [9.17, 15) is 10.1 Å². The van der Waals surface area contributed by atoms with Gasteiger partial charge in [-0.25, -0.2) is 4.68 Å². The van der Waals surface area contributed by atoms with Crippen LogP contribution in [-0.2, 0) is 6.42 Å². The summed E-state index contributed by atoms with van der Waals surface area (Å²) in [5, 5.41) is 27.2. The van der Waals surface area contributed by atoms with E-state index >= 15 is 0 Å². The number of nitrogens with zero attached hydrogens (tertiary/aromatic N) is 4. The van der Waals surface area contributed by atoms with Crippen molar-refractivity contribution in [3.05, 3.63) is 46.3 Å². The largest absolute Gasteiger partial charge is 0.396 e. The Kier molecular flexibility index (Phi) is 3.63. The van der Waals surface area contributed by atoms with Crippen LogP contribution in [0.1, 0.15) is 12.1 Å². The van der Waals surface area contributed by atoms with Crippen LogP contribution in [0.5, 0.6) is 0 Å². The van der Waals surface area contributed by atoms with Gasteiger partial charge < -0.3 is 5.11 Å². The lowest BCUT2D eigenvalue weighted by Crippen LogP contribution is -1.96. The van der Waals surface area contributed by atoms with E-state index in [1.807, 2.05) is 0 Å². The maximum absolute atomic E-state index is 10.7. The molecule has 2 rings (SSSR count). The molecule has 0 fully saturated rings. The van der Waals surface area contributed by atoms with Crippen molar-refractivity contribution >= 4 is 5.69 Å². The SMILES string of the molecule is O=[N+]([O-])c1cccc(-n2cc(CCCO)nn2)c1. The lowest BCUT2D eigenvalue weighted by Gasteiger charge is -1.99. The average molecular weight is 248 g/mol. The fraction of sp³-hybridized carbons (Fsp3) is 0.273. The van der Waals surface area contributed by atoms with Gasteiger partial charge in [0.25, 0.3) is 5.69 Å². The summed E-state index contributed by atoms with van der Waals surface area (Å²) in [6.07, 6.45) is 2.95. The second kappa shape index (κ2) is 5.37. The number of nitro groups is 1. The molecule has 0 atom stereocenters. The molecule has 1 aromatic carbocycles. The molecule has 0 saturated heterocycles. The van der Waals surface area contributed by atoms with Crippen LogP contribution >= 0.6 is 0 Å². The first-order valence-electron chi connectivity index (χ1n) is 5.47. The molecule has 0 unspecified atom stereocenters. The Labute approximate surface area is 103 Å². The second-order valence-corrected chi connectivity index (χ2v) is 3.76. The van der Waals surface area contributed by atoms with Crippen LogP contribution in [0.3, 0.4) is 0 Å². The molecule has 1 heterocycles. The highest BCUT2D eigenvalue weighted by atomic mass is 16.6. The molecular formula is C11H12N4O3. The fourth-order valence-corrected chi connectivity index (χ4v) is 1.55. The fourth-order valence-electron chi connectivity index (χ4n) is 1.55. The van der Waals surface area contributed by atoms with Crippen molar-refractivity contribution < 1.29 is 10.0 Å². The Hall–Kier alpha value is -2.28. The van der Waals surface area contributed by atoms with Crippen molar-refractivity contribution in [3.8, 4) is 5.69 Å². The van der Waals surface area contributed by atoms with Gasteiger partial charge in [0.15, 0.2) is 0 Å². The zero-order valence-corrected chi connectivity index (χ0v) is 9.56.